The quantitative estimate of drug-likeness (QED) is 0.260. The minimum Gasteiger partial charge on any atom is -0.354 e. The molecule has 2 amide bonds. The van der Waals surface area contributed by atoms with Gasteiger partial charge in [0, 0.05) is 13.1 Å². The Labute approximate surface area is 249 Å². The molecule has 3 aromatic rings. The summed E-state index contributed by atoms with van der Waals surface area (Å²) in [5.74, 6) is -1.21. The van der Waals surface area contributed by atoms with E-state index in [-0.39, 0.29) is 22.9 Å². The fourth-order valence-corrected chi connectivity index (χ4v) is 6.00. The number of nitrogens with zero attached hydrogens (tertiary/aromatic N) is 2. The molecule has 0 saturated carbocycles. The van der Waals surface area contributed by atoms with Crippen LogP contribution in [0.5, 0.6) is 0 Å². The summed E-state index contributed by atoms with van der Waals surface area (Å²) in [6.45, 7) is 4.92. The van der Waals surface area contributed by atoms with Crippen LogP contribution in [0.15, 0.2) is 77.7 Å². The Balaban J connectivity index is 2.14. The third-order valence-electron chi connectivity index (χ3n) is 6.56. The Morgan fingerprint density at radius 2 is 1.62 bits per heavy atom. The number of sulfonamides is 1. The summed E-state index contributed by atoms with van der Waals surface area (Å²) in [4.78, 5) is 28.2. The maximum Gasteiger partial charge on any atom is 0.416 e. The SMILES string of the molecule is CCCNC(=O)[C@@H](CC)N(Cc1ccc(C)cc1)C(=O)CN(c1cc(C(F)(F)F)ccc1Cl)S(=O)(=O)c1ccccc1. The Morgan fingerprint density at radius 3 is 2.19 bits per heavy atom. The van der Waals surface area contributed by atoms with Crippen LogP contribution in [0.4, 0.5) is 18.9 Å². The second-order valence-corrected chi connectivity index (χ2v) is 12.0. The van der Waals surface area contributed by atoms with Gasteiger partial charge < -0.3 is 10.2 Å². The Kier molecular flexibility index (Phi) is 11.0. The van der Waals surface area contributed by atoms with E-state index in [1.165, 1.54) is 29.2 Å². The highest BCUT2D eigenvalue weighted by atomic mass is 35.5. The van der Waals surface area contributed by atoms with Crippen molar-refractivity contribution in [2.24, 2.45) is 0 Å². The molecule has 0 heterocycles. The molecule has 0 aliphatic rings. The summed E-state index contributed by atoms with van der Waals surface area (Å²) in [6, 6.07) is 15.6. The topological polar surface area (TPSA) is 86.8 Å². The van der Waals surface area contributed by atoms with Crippen molar-refractivity contribution in [2.75, 3.05) is 17.4 Å². The highest BCUT2D eigenvalue weighted by Gasteiger charge is 2.36. The summed E-state index contributed by atoms with van der Waals surface area (Å²) in [6.07, 6.45) is -3.93. The molecule has 7 nitrogen and oxygen atoms in total. The molecule has 0 aromatic heterocycles. The number of amides is 2. The summed E-state index contributed by atoms with van der Waals surface area (Å²) < 4.78 is 69.2. The predicted molar refractivity (Wildman–Crippen MR) is 157 cm³/mol. The monoisotopic (exact) mass is 623 g/mol. The Morgan fingerprint density at radius 1 is 0.976 bits per heavy atom. The number of nitrogens with one attached hydrogen (secondary N) is 1. The molecule has 3 rings (SSSR count). The van der Waals surface area contributed by atoms with E-state index >= 15 is 0 Å². The van der Waals surface area contributed by atoms with E-state index in [1.807, 2.05) is 26.0 Å². The number of halogens is 4. The molecule has 1 N–H and O–H groups in total. The van der Waals surface area contributed by atoms with Crippen molar-refractivity contribution in [2.45, 2.75) is 57.3 Å². The van der Waals surface area contributed by atoms with Gasteiger partial charge in [0.2, 0.25) is 11.8 Å². The van der Waals surface area contributed by atoms with Crippen molar-refractivity contribution in [1.29, 1.82) is 0 Å². The van der Waals surface area contributed by atoms with Crippen LogP contribution < -0.4 is 9.62 Å². The van der Waals surface area contributed by atoms with E-state index in [4.69, 9.17) is 11.6 Å². The lowest BCUT2D eigenvalue weighted by atomic mass is 10.1. The maximum absolute atomic E-state index is 14.0. The molecule has 12 heteroatoms. The van der Waals surface area contributed by atoms with E-state index < -0.39 is 51.9 Å². The van der Waals surface area contributed by atoms with Gasteiger partial charge in [0.25, 0.3) is 10.0 Å². The predicted octanol–water partition coefficient (Wildman–Crippen LogP) is 6.20. The molecule has 1 atom stereocenters. The smallest absolute Gasteiger partial charge is 0.354 e. The molecular formula is C30H33ClF3N3O4S. The highest BCUT2D eigenvalue weighted by molar-refractivity contribution is 7.92. The third kappa shape index (κ3) is 8.04. The molecule has 3 aromatic carbocycles. The number of alkyl halides is 3. The van der Waals surface area contributed by atoms with Crippen molar-refractivity contribution in [1.82, 2.24) is 10.2 Å². The first kappa shape index (κ1) is 32.9. The van der Waals surface area contributed by atoms with E-state index in [1.54, 1.807) is 25.1 Å². The molecule has 0 saturated heterocycles. The number of hydrogen-bond acceptors (Lipinski definition) is 4. The number of aryl methyl sites for hydroxylation is 1. The first-order chi connectivity index (χ1) is 19.8. The molecule has 0 bridgehead atoms. The van der Waals surface area contributed by atoms with Gasteiger partial charge in [-0.2, -0.15) is 13.2 Å². The summed E-state index contributed by atoms with van der Waals surface area (Å²) in [5, 5.41) is 2.48. The summed E-state index contributed by atoms with van der Waals surface area (Å²) in [7, 11) is -4.58. The highest BCUT2D eigenvalue weighted by Crippen LogP contribution is 2.37. The van der Waals surface area contributed by atoms with E-state index in [2.05, 4.69) is 5.32 Å². The fraction of sp³-hybridized carbons (Fsp3) is 0.333. The molecule has 226 valence electrons. The number of rotatable bonds is 12. The van der Waals surface area contributed by atoms with Crippen LogP contribution in [0, 0.1) is 6.92 Å². The average molecular weight is 624 g/mol. The van der Waals surface area contributed by atoms with Gasteiger partial charge in [-0.25, -0.2) is 8.42 Å². The minimum atomic E-state index is -4.80. The van der Waals surface area contributed by atoms with Gasteiger partial charge in [-0.05, 0) is 55.7 Å². The van der Waals surface area contributed by atoms with Crippen LogP contribution in [0.25, 0.3) is 0 Å². The van der Waals surface area contributed by atoms with E-state index in [0.717, 1.165) is 17.7 Å². The normalized spacial score (nSPS) is 12.5. The summed E-state index contributed by atoms with van der Waals surface area (Å²) >= 11 is 6.28. The van der Waals surface area contributed by atoms with Crippen LogP contribution >= 0.6 is 11.6 Å². The van der Waals surface area contributed by atoms with Crippen LogP contribution in [0.3, 0.4) is 0 Å². The van der Waals surface area contributed by atoms with Crippen molar-refractivity contribution < 1.29 is 31.2 Å². The fourth-order valence-electron chi connectivity index (χ4n) is 4.29. The van der Waals surface area contributed by atoms with Crippen molar-refractivity contribution in [3.05, 3.63) is 94.5 Å². The number of hydrogen-bond donors (Lipinski definition) is 1. The van der Waals surface area contributed by atoms with Gasteiger partial charge in [-0.3, -0.25) is 13.9 Å². The molecular weight excluding hydrogens is 591 g/mol. The van der Waals surface area contributed by atoms with Crippen LogP contribution in [-0.4, -0.2) is 44.3 Å². The molecule has 0 radical (unpaired) electrons. The van der Waals surface area contributed by atoms with Gasteiger partial charge in [0.05, 0.1) is 21.2 Å². The van der Waals surface area contributed by atoms with Gasteiger partial charge in [-0.1, -0.05) is 73.5 Å². The van der Waals surface area contributed by atoms with Crippen molar-refractivity contribution >= 4 is 39.1 Å². The van der Waals surface area contributed by atoms with Gasteiger partial charge >= 0.3 is 6.18 Å². The van der Waals surface area contributed by atoms with Crippen LogP contribution in [-0.2, 0) is 32.3 Å². The lowest BCUT2D eigenvalue weighted by Crippen LogP contribution is -2.52. The zero-order chi connectivity index (χ0) is 31.1. The van der Waals surface area contributed by atoms with E-state index in [0.29, 0.717) is 28.9 Å². The lowest BCUT2D eigenvalue weighted by Gasteiger charge is -2.33. The van der Waals surface area contributed by atoms with E-state index in [9.17, 15) is 31.2 Å². The number of carbonyl (C=O) groups excluding carboxylic acids is 2. The first-order valence-corrected chi connectivity index (χ1v) is 15.2. The third-order valence-corrected chi connectivity index (χ3v) is 8.65. The Hall–Kier alpha value is -3.57. The maximum atomic E-state index is 14.0. The average Bonchev–Trinajstić information content (AvgIpc) is 2.95. The largest absolute Gasteiger partial charge is 0.416 e. The zero-order valence-electron chi connectivity index (χ0n) is 23.5. The number of benzene rings is 3. The summed E-state index contributed by atoms with van der Waals surface area (Å²) in [5.41, 5.74) is 0.0147. The van der Waals surface area contributed by atoms with Crippen molar-refractivity contribution in [3.8, 4) is 0 Å². The Bertz CT molecular complexity index is 1480. The molecule has 0 aliphatic carbocycles. The molecule has 0 fully saturated rings. The second kappa shape index (κ2) is 14.1. The molecule has 0 unspecified atom stereocenters. The molecule has 0 aliphatic heterocycles. The number of anilines is 1. The lowest BCUT2D eigenvalue weighted by molar-refractivity contribution is -0.140. The molecule has 0 spiro atoms. The van der Waals surface area contributed by atoms with Gasteiger partial charge in [0.15, 0.2) is 0 Å². The minimum absolute atomic E-state index is 0.0350. The van der Waals surface area contributed by atoms with Gasteiger partial charge in [-0.15, -0.1) is 0 Å². The second-order valence-electron chi connectivity index (χ2n) is 9.71. The van der Waals surface area contributed by atoms with Crippen LogP contribution in [0.1, 0.15) is 43.4 Å². The first-order valence-electron chi connectivity index (χ1n) is 13.4. The zero-order valence-corrected chi connectivity index (χ0v) is 25.1. The standard InChI is InChI=1S/C30H33ClF3N3O4S/c1-4-17-35-29(39)26(5-2)36(19-22-13-11-21(3)12-14-22)28(38)20-37(42(40,41)24-9-7-6-8-10-24)27-18-23(30(32,33)34)15-16-25(27)31/h6-16,18,26H,4-5,17,19-20H2,1-3H3,(H,35,39)/t26-/m1/s1. The van der Waals surface area contributed by atoms with Crippen LogP contribution in [0.2, 0.25) is 5.02 Å². The number of carbonyl (C=O) groups is 2. The van der Waals surface area contributed by atoms with Gasteiger partial charge in [0.1, 0.15) is 12.6 Å². The van der Waals surface area contributed by atoms with Crippen molar-refractivity contribution in [3.63, 3.8) is 0 Å². The molecule has 42 heavy (non-hydrogen) atoms.